The monoisotopic (exact) mass is 922 g/mol. The number of rotatable bonds is 10. The third kappa shape index (κ3) is 9.08. The van der Waals surface area contributed by atoms with E-state index in [2.05, 4.69) is 61.9 Å². The van der Waals surface area contributed by atoms with E-state index in [0.717, 1.165) is 152 Å². The molecule has 4 aliphatic rings. The number of nitrogens with zero attached hydrogens (tertiary/aromatic N) is 6. The molecular formula is C54H62N6O8. The van der Waals surface area contributed by atoms with Gasteiger partial charge in [-0.1, -0.05) is 6.07 Å². The number of phenols is 2. The summed E-state index contributed by atoms with van der Waals surface area (Å²) < 4.78 is 27.5. The number of allylic oxidation sites excluding steroid dienone is 2. The van der Waals surface area contributed by atoms with Gasteiger partial charge in [0.25, 0.3) is 0 Å². The van der Waals surface area contributed by atoms with Gasteiger partial charge in [-0.2, -0.15) is 0 Å². The fraction of sp³-hybridized carbons (Fsp3) is 0.370. The highest BCUT2D eigenvalue weighted by Gasteiger charge is 2.33. The molecule has 0 amide bonds. The molecular weight excluding hydrogens is 861 g/mol. The zero-order chi connectivity index (χ0) is 48.0. The van der Waals surface area contributed by atoms with Gasteiger partial charge in [0.2, 0.25) is 11.6 Å². The van der Waals surface area contributed by atoms with Gasteiger partial charge >= 0.3 is 0 Å². The second-order valence-corrected chi connectivity index (χ2v) is 18.5. The van der Waals surface area contributed by atoms with E-state index in [1.807, 2.05) is 63.2 Å². The molecule has 2 saturated heterocycles. The highest BCUT2D eigenvalue weighted by Crippen LogP contribution is 2.42. The lowest BCUT2D eigenvalue weighted by Crippen LogP contribution is -2.45. The van der Waals surface area contributed by atoms with Crippen molar-refractivity contribution >= 4 is 45.5 Å². The summed E-state index contributed by atoms with van der Waals surface area (Å²) in [6.07, 6.45) is 3.64. The van der Waals surface area contributed by atoms with Crippen LogP contribution in [0.25, 0.3) is 34.0 Å². The predicted octanol–water partition coefficient (Wildman–Crippen LogP) is 7.67. The Bertz CT molecular complexity index is 2800. The summed E-state index contributed by atoms with van der Waals surface area (Å²) in [6, 6.07) is 18.6. The van der Waals surface area contributed by atoms with Crippen LogP contribution in [0, 0.1) is 27.7 Å². The number of ether oxygens (including phenoxy) is 4. The summed E-state index contributed by atoms with van der Waals surface area (Å²) in [5.41, 5.74) is 9.02. The lowest BCUT2D eigenvalue weighted by molar-refractivity contribution is 0.101. The Hall–Kier alpha value is -6.58. The number of fused-ring (bicyclic) bond motifs is 4. The molecule has 14 nitrogen and oxygen atoms in total. The van der Waals surface area contributed by atoms with Crippen molar-refractivity contribution in [2.24, 2.45) is 0 Å². The summed E-state index contributed by atoms with van der Waals surface area (Å²) in [5, 5.41) is 22.0. The number of aryl methyl sites for hydroxylation is 2. The first-order valence-corrected chi connectivity index (χ1v) is 23.4. The first-order valence-electron chi connectivity index (χ1n) is 23.4. The van der Waals surface area contributed by atoms with Crippen molar-refractivity contribution in [2.75, 3.05) is 93.8 Å². The highest BCUT2D eigenvalue weighted by molar-refractivity contribution is 6.17. The number of piperazine rings is 2. The Kier molecular flexibility index (Phi) is 13.1. The van der Waals surface area contributed by atoms with Crippen LogP contribution in [0.15, 0.2) is 72.2 Å². The molecule has 4 aromatic carbocycles. The summed E-state index contributed by atoms with van der Waals surface area (Å²) in [4.78, 5) is 35.9. The Balaban J connectivity index is 0.000000170. The molecule has 0 aliphatic carbocycles. The van der Waals surface area contributed by atoms with Gasteiger partial charge in [0.1, 0.15) is 40.1 Å². The average molecular weight is 923 g/mol. The van der Waals surface area contributed by atoms with Gasteiger partial charge < -0.3 is 48.1 Å². The number of aromatic nitrogens is 2. The Morgan fingerprint density at radius 2 is 1.03 bits per heavy atom. The second kappa shape index (κ2) is 19.2. The van der Waals surface area contributed by atoms with Crippen LogP contribution in [0.4, 0.5) is 0 Å². The quantitative estimate of drug-likeness (QED) is 0.131. The molecule has 0 saturated carbocycles. The van der Waals surface area contributed by atoms with Crippen molar-refractivity contribution in [3.63, 3.8) is 0 Å². The molecule has 6 heterocycles. The number of aromatic hydroxyl groups is 2. The van der Waals surface area contributed by atoms with Gasteiger partial charge in [0.15, 0.2) is 11.5 Å². The van der Waals surface area contributed by atoms with E-state index < -0.39 is 5.78 Å². The number of likely N-dealkylation sites (N-methyl/N-ethyl adjacent to an activating group) is 2. The van der Waals surface area contributed by atoms with Gasteiger partial charge in [0, 0.05) is 135 Å². The Morgan fingerprint density at radius 1 is 0.574 bits per heavy atom. The third-order valence-electron chi connectivity index (χ3n) is 14.0. The molecule has 2 aromatic heterocycles. The van der Waals surface area contributed by atoms with Gasteiger partial charge in [-0.15, -0.1) is 0 Å². The number of methoxy groups -OCH3 is 2. The zero-order valence-electron chi connectivity index (χ0n) is 40.4. The first kappa shape index (κ1) is 46.5. The molecule has 68 heavy (non-hydrogen) atoms. The fourth-order valence-corrected chi connectivity index (χ4v) is 10.0. The largest absolute Gasteiger partial charge is 0.508 e. The van der Waals surface area contributed by atoms with Crippen molar-refractivity contribution in [3.05, 3.63) is 117 Å². The summed E-state index contributed by atoms with van der Waals surface area (Å²) in [7, 11) is 7.65. The SMILES string of the molecule is COc1ccc2c(c1)c(/C=C1\Oc3cc(C)cc(C)c3C1=O)c(C)n2CCN1CCN(C)CC1.COc1ccc2c(c1)c(/C=C1\Oc3cc(O)cc(O)c3C1=O)c(C)n2CCN1CCN(C)CC1. The van der Waals surface area contributed by atoms with Crippen molar-refractivity contribution < 1.29 is 38.7 Å². The predicted molar refractivity (Wildman–Crippen MR) is 266 cm³/mol. The number of carbonyl (C=O) groups is 2. The molecule has 0 radical (unpaired) electrons. The minimum Gasteiger partial charge on any atom is -0.508 e. The smallest absolute Gasteiger partial charge is 0.235 e. The molecule has 356 valence electrons. The minimum atomic E-state index is -0.409. The maximum Gasteiger partial charge on any atom is 0.235 e. The lowest BCUT2D eigenvalue weighted by atomic mass is 10.0. The van der Waals surface area contributed by atoms with Crippen LogP contribution in [0.3, 0.4) is 0 Å². The third-order valence-corrected chi connectivity index (χ3v) is 14.0. The Labute approximate surface area is 397 Å². The van der Waals surface area contributed by atoms with Crippen LogP contribution in [-0.2, 0) is 13.1 Å². The van der Waals surface area contributed by atoms with Crippen LogP contribution < -0.4 is 18.9 Å². The van der Waals surface area contributed by atoms with Crippen molar-refractivity contribution in [2.45, 2.75) is 40.8 Å². The second-order valence-electron chi connectivity index (χ2n) is 18.5. The standard InChI is InChI=1S/C28H33N3O3.C26H29N3O5/c1-18-14-19(2)27-25(15-18)34-26(28(27)32)17-22-20(3)31(13-12-30-10-8-29(4)9-11-30)24-7-6-21(33-5)16-23(22)24;1-16-19(15-24-26(32)25-22(31)12-17(30)13-23(25)34-24)20-14-18(33-3)4-5-21(20)29(16)11-10-28-8-6-27(2)7-9-28/h6-7,14-17H,8-13H2,1-5H3;4-5,12-15,30-31H,6-11H2,1-3H3/b26-17-;24-15-. The Morgan fingerprint density at radius 3 is 1.50 bits per heavy atom. The summed E-state index contributed by atoms with van der Waals surface area (Å²) in [5.74, 6) is 1.92. The van der Waals surface area contributed by atoms with Crippen LogP contribution >= 0.6 is 0 Å². The van der Waals surface area contributed by atoms with Crippen LogP contribution in [0.2, 0.25) is 0 Å². The molecule has 0 atom stereocenters. The van der Waals surface area contributed by atoms with Gasteiger partial charge in [0.05, 0.1) is 19.8 Å². The van der Waals surface area contributed by atoms with Crippen molar-refractivity contribution in [3.8, 4) is 34.5 Å². The van der Waals surface area contributed by atoms with E-state index in [4.69, 9.17) is 18.9 Å². The van der Waals surface area contributed by atoms with Gasteiger partial charge in [-0.25, -0.2) is 0 Å². The summed E-state index contributed by atoms with van der Waals surface area (Å²) in [6.45, 7) is 20.5. The molecule has 14 heteroatoms. The van der Waals surface area contributed by atoms with E-state index in [0.29, 0.717) is 17.1 Å². The van der Waals surface area contributed by atoms with E-state index in [1.54, 1.807) is 20.3 Å². The van der Waals surface area contributed by atoms with E-state index in [-0.39, 0.29) is 34.4 Å². The average Bonchev–Trinajstić information content (AvgIpc) is 3.98. The maximum absolute atomic E-state index is 13.2. The molecule has 6 aromatic rings. The topological polar surface area (TPSA) is 134 Å². The molecule has 2 fully saturated rings. The number of phenolic OH excluding ortho intramolecular Hbond substituents is 2. The number of hydrogen-bond acceptors (Lipinski definition) is 12. The normalized spacial score (nSPS) is 18.0. The number of Topliss-reactive ketones (excluding diaryl/α,β-unsaturated/α-hetero) is 2. The van der Waals surface area contributed by atoms with Crippen molar-refractivity contribution in [1.29, 1.82) is 0 Å². The number of hydrogen-bond donors (Lipinski definition) is 2. The first-order chi connectivity index (χ1) is 32.7. The van der Waals surface area contributed by atoms with Crippen LogP contribution in [0.1, 0.15) is 54.4 Å². The van der Waals surface area contributed by atoms with Crippen molar-refractivity contribution in [1.82, 2.24) is 28.7 Å². The van der Waals surface area contributed by atoms with Gasteiger partial charge in [-0.3, -0.25) is 19.4 Å². The fourth-order valence-electron chi connectivity index (χ4n) is 10.0. The molecule has 0 spiro atoms. The van der Waals surface area contributed by atoms with E-state index >= 15 is 0 Å². The molecule has 0 unspecified atom stereocenters. The zero-order valence-corrected chi connectivity index (χ0v) is 40.4. The molecule has 10 rings (SSSR count). The summed E-state index contributed by atoms with van der Waals surface area (Å²) >= 11 is 0. The number of carbonyl (C=O) groups excluding carboxylic acids is 2. The molecule has 0 bridgehead atoms. The molecule has 4 aliphatic heterocycles. The van der Waals surface area contributed by atoms with E-state index in [9.17, 15) is 19.8 Å². The van der Waals surface area contributed by atoms with Gasteiger partial charge in [-0.05, 0) is 108 Å². The lowest BCUT2D eigenvalue weighted by Gasteiger charge is -2.32. The highest BCUT2D eigenvalue weighted by atomic mass is 16.5. The minimum absolute atomic E-state index is 0.0480. The van der Waals surface area contributed by atoms with Crippen LogP contribution in [0.5, 0.6) is 34.5 Å². The molecule has 2 N–H and O–H groups in total. The van der Waals surface area contributed by atoms with Crippen LogP contribution in [-0.4, -0.2) is 144 Å². The number of ketones is 2. The van der Waals surface area contributed by atoms with E-state index in [1.165, 1.54) is 6.07 Å². The maximum atomic E-state index is 13.2. The number of benzene rings is 4.